The largest absolute Gasteiger partial charge is 0.212 e. The lowest BCUT2D eigenvalue weighted by molar-refractivity contribution is -0.661. The highest BCUT2D eigenvalue weighted by Gasteiger charge is 2.04. The molecule has 0 N–H and O–H groups in total. The van der Waals surface area contributed by atoms with E-state index < -0.39 is 0 Å². The molecule has 1 aromatic heterocycles. The summed E-state index contributed by atoms with van der Waals surface area (Å²) < 4.78 is 2.27. The Morgan fingerprint density at radius 2 is 1.87 bits per heavy atom. The topological polar surface area (TPSA) is 3.88 Å². The maximum atomic E-state index is 2.27. The molecule has 0 amide bonds. The molecule has 0 aliphatic heterocycles. The van der Waals surface area contributed by atoms with Gasteiger partial charge >= 0.3 is 0 Å². The summed E-state index contributed by atoms with van der Waals surface area (Å²) in [5.74, 6) is 0. The van der Waals surface area contributed by atoms with Gasteiger partial charge in [-0.2, -0.15) is 4.57 Å². The van der Waals surface area contributed by atoms with Crippen LogP contribution in [0.3, 0.4) is 0 Å². The molecule has 1 nitrogen and oxygen atoms in total. The van der Waals surface area contributed by atoms with Gasteiger partial charge in [0.2, 0.25) is 5.52 Å². The molecule has 1 aromatic carbocycles. The van der Waals surface area contributed by atoms with Crippen LogP contribution in [0.4, 0.5) is 0 Å². The average Bonchev–Trinajstić information content (AvgIpc) is 2.26. The smallest absolute Gasteiger partial charge is 0.195 e. The maximum Gasteiger partial charge on any atom is 0.212 e. The molecule has 2 aromatic rings. The standard InChI is InChI=1S/C14H16N/c1-12(2)9-11-15-10-5-7-13-6-3-4-8-14(13)15/h3-10H,11H2,1-2H3/q+1. The van der Waals surface area contributed by atoms with Gasteiger partial charge in [-0.3, -0.25) is 0 Å². The van der Waals surface area contributed by atoms with Crippen LogP contribution in [0.15, 0.2) is 54.2 Å². The Hall–Kier alpha value is -1.63. The average molecular weight is 198 g/mol. The van der Waals surface area contributed by atoms with E-state index in [1.165, 1.54) is 16.5 Å². The van der Waals surface area contributed by atoms with Gasteiger partial charge in [0.05, 0.1) is 0 Å². The first-order valence-corrected chi connectivity index (χ1v) is 5.28. The predicted octanol–water partition coefficient (Wildman–Crippen LogP) is 3.09. The normalized spacial score (nSPS) is 10.3. The summed E-state index contributed by atoms with van der Waals surface area (Å²) in [5.41, 5.74) is 2.65. The zero-order valence-corrected chi connectivity index (χ0v) is 9.27. The number of nitrogens with zero attached hydrogens (tertiary/aromatic N) is 1. The summed E-state index contributed by atoms with van der Waals surface area (Å²) in [6, 6.07) is 12.7. The van der Waals surface area contributed by atoms with Crippen LogP contribution >= 0.6 is 0 Å². The molecule has 0 spiro atoms. The number of fused-ring (bicyclic) bond motifs is 1. The van der Waals surface area contributed by atoms with Gasteiger partial charge in [0.25, 0.3) is 0 Å². The number of pyridine rings is 1. The molecule has 1 heterocycles. The minimum Gasteiger partial charge on any atom is -0.195 e. The van der Waals surface area contributed by atoms with Gasteiger partial charge in [0.15, 0.2) is 12.7 Å². The minimum absolute atomic E-state index is 0.948. The van der Waals surface area contributed by atoms with Crippen LogP contribution in [0.5, 0.6) is 0 Å². The third kappa shape index (κ3) is 2.24. The van der Waals surface area contributed by atoms with Gasteiger partial charge in [0, 0.05) is 17.5 Å². The number of aromatic nitrogens is 1. The molecule has 0 aliphatic carbocycles. The van der Waals surface area contributed by atoms with Crippen LogP contribution in [0.25, 0.3) is 10.9 Å². The molecule has 0 atom stereocenters. The van der Waals surface area contributed by atoms with Gasteiger partial charge in [-0.05, 0) is 32.1 Å². The van der Waals surface area contributed by atoms with E-state index in [-0.39, 0.29) is 0 Å². The van der Waals surface area contributed by atoms with Gasteiger partial charge in [-0.25, -0.2) is 0 Å². The van der Waals surface area contributed by atoms with Crippen molar-refractivity contribution in [3.8, 4) is 0 Å². The first-order valence-electron chi connectivity index (χ1n) is 5.28. The van der Waals surface area contributed by atoms with Crippen molar-refractivity contribution in [2.45, 2.75) is 20.4 Å². The summed E-state index contributed by atoms with van der Waals surface area (Å²) in [6.45, 7) is 5.21. The van der Waals surface area contributed by atoms with E-state index >= 15 is 0 Å². The molecule has 1 heteroatoms. The van der Waals surface area contributed by atoms with Gasteiger partial charge in [-0.15, -0.1) is 0 Å². The van der Waals surface area contributed by atoms with Gasteiger partial charge < -0.3 is 0 Å². The van der Waals surface area contributed by atoms with E-state index in [0.29, 0.717) is 0 Å². The third-order valence-corrected chi connectivity index (χ3v) is 2.48. The molecule has 0 unspecified atom stereocenters. The van der Waals surface area contributed by atoms with Crippen molar-refractivity contribution in [1.29, 1.82) is 0 Å². The molecular formula is C14H16N+. The maximum absolute atomic E-state index is 2.27. The zero-order valence-electron chi connectivity index (χ0n) is 9.27. The monoisotopic (exact) mass is 198 g/mol. The molecule has 0 saturated carbocycles. The van der Waals surface area contributed by atoms with Crippen molar-refractivity contribution in [2.75, 3.05) is 0 Å². The van der Waals surface area contributed by atoms with Crippen LogP contribution in [-0.2, 0) is 6.54 Å². The SMILES string of the molecule is CC(C)=CC[n+]1cccc2ccccc21. The van der Waals surface area contributed by atoms with E-state index in [9.17, 15) is 0 Å². The van der Waals surface area contributed by atoms with Gasteiger partial charge in [-0.1, -0.05) is 17.7 Å². The van der Waals surface area contributed by atoms with Crippen molar-refractivity contribution in [3.63, 3.8) is 0 Å². The second-order valence-corrected chi connectivity index (χ2v) is 4.00. The first-order chi connectivity index (χ1) is 7.27. The molecule has 0 fully saturated rings. The Morgan fingerprint density at radius 3 is 2.67 bits per heavy atom. The molecule has 0 saturated heterocycles. The molecule has 76 valence electrons. The van der Waals surface area contributed by atoms with Crippen molar-refractivity contribution >= 4 is 10.9 Å². The van der Waals surface area contributed by atoms with E-state index in [0.717, 1.165) is 6.54 Å². The number of hydrogen-bond donors (Lipinski definition) is 0. The minimum atomic E-state index is 0.948. The lowest BCUT2D eigenvalue weighted by Gasteiger charge is -1.98. The van der Waals surface area contributed by atoms with Crippen LogP contribution in [0.2, 0.25) is 0 Å². The number of allylic oxidation sites excluding steroid dienone is 2. The number of benzene rings is 1. The quantitative estimate of drug-likeness (QED) is 0.515. The van der Waals surface area contributed by atoms with E-state index in [4.69, 9.17) is 0 Å². The van der Waals surface area contributed by atoms with E-state index in [2.05, 4.69) is 67.1 Å². The highest BCUT2D eigenvalue weighted by molar-refractivity contribution is 5.74. The van der Waals surface area contributed by atoms with Crippen molar-refractivity contribution in [2.24, 2.45) is 0 Å². The van der Waals surface area contributed by atoms with E-state index in [1.807, 2.05) is 0 Å². The van der Waals surface area contributed by atoms with E-state index in [1.54, 1.807) is 0 Å². The summed E-state index contributed by atoms with van der Waals surface area (Å²) >= 11 is 0. The Kier molecular flexibility index (Phi) is 2.82. The van der Waals surface area contributed by atoms with Crippen LogP contribution in [0, 0.1) is 0 Å². The molecule has 2 rings (SSSR count). The zero-order chi connectivity index (χ0) is 10.7. The summed E-state index contributed by atoms with van der Waals surface area (Å²) in [6.07, 6.45) is 4.37. The summed E-state index contributed by atoms with van der Waals surface area (Å²) in [7, 11) is 0. The first kappa shape index (κ1) is 9.91. The molecule has 15 heavy (non-hydrogen) atoms. The van der Waals surface area contributed by atoms with Crippen molar-refractivity contribution in [3.05, 3.63) is 54.2 Å². The third-order valence-electron chi connectivity index (χ3n) is 2.48. The predicted molar refractivity (Wildman–Crippen MR) is 63.6 cm³/mol. The van der Waals surface area contributed by atoms with Crippen LogP contribution < -0.4 is 4.57 Å². The number of para-hydroxylation sites is 1. The Morgan fingerprint density at radius 1 is 1.13 bits per heavy atom. The second kappa shape index (κ2) is 4.26. The molecule has 0 bridgehead atoms. The van der Waals surface area contributed by atoms with Crippen molar-refractivity contribution < 1.29 is 4.57 Å². The molecule has 0 radical (unpaired) electrons. The fraction of sp³-hybridized carbons (Fsp3) is 0.214. The molecule has 0 aliphatic rings. The number of hydrogen-bond acceptors (Lipinski definition) is 0. The lowest BCUT2D eigenvalue weighted by Crippen LogP contribution is -2.33. The van der Waals surface area contributed by atoms with Crippen LogP contribution in [-0.4, -0.2) is 0 Å². The summed E-state index contributed by atoms with van der Waals surface area (Å²) in [4.78, 5) is 0. The highest BCUT2D eigenvalue weighted by Crippen LogP contribution is 2.07. The fourth-order valence-corrected chi connectivity index (χ4v) is 1.66. The lowest BCUT2D eigenvalue weighted by atomic mass is 10.2. The van der Waals surface area contributed by atoms with Gasteiger partial charge in [0.1, 0.15) is 0 Å². The Balaban J connectivity index is 2.47. The summed E-state index contributed by atoms with van der Waals surface area (Å²) in [5, 5.41) is 1.29. The van der Waals surface area contributed by atoms with Crippen LogP contribution in [0.1, 0.15) is 13.8 Å². The Labute approximate surface area is 90.7 Å². The highest BCUT2D eigenvalue weighted by atomic mass is 14.9. The van der Waals surface area contributed by atoms with Crippen molar-refractivity contribution in [1.82, 2.24) is 0 Å². The second-order valence-electron chi connectivity index (χ2n) is 4.00. The Bertz CT molecular complexity index is 488. The molecular weight excluding hydrogens is 182 g/mol. The fourth-order valence-electron chi connectivity index (χ4n) is 1.66. The number of rotatable bonds is 2.